The van der Waals surface area contributed by atoms with Crippen molar-refractivity contribution in [1.82, 2.24) is 9.55 Å². The van der Waals surface area contributed by atoms with Gasteiger partial charge in [0, 0.05) is 18.2 Å². The Morgan fingerprint density at radius 3 is 2.57 bits per heavy atom. The molecule has 0 saturated heterocycles. The monoisotopic (exact) mass is 318 g/mol. The van der Waals surface area contributed by atoms with E-state index in [-0.39, 0.29) is 29.5 Å². The van der Waals surface area contributed by atoms with Gasteiger partial charge in [0.25, 0.3) is 5.56 Å². The molecular formula is C18H23N3O2. The minimum Gasteiger partial charge on any atom is -0.365 e. The first-order valence-electron chi connectivity index (χ1n) is 10.4. The van der Waals surface area contributed by atoms with E-state index < -0.39 is 35.4 Å². The highest BCUT2D eigenvalue weighted by Crippen LogP contribution is 2.25. The maximum atomic E-state index is 12.5. The minimum atomic E-state index is -0.714. The molecule has 0 spiro atoms. The topological polar surface area (TPSA) is 66.9 Å². The predicted molar refractivity (Wildman–Crippen MR) is 91.9 cm³/mol. The molecule has 23 heavy (non-hydrogen) atoms. The van der Waals surface area contributed by atoms with E-state index in [1.54, 1.807) is 6.92 Å². The van der Waals surface area contributed by atoms with Crippen LogP contribution in [0.5, 0.6) is 0 Å². The van der Waals surface area contributed by atoms with Gasteiger partial charge < -0.3 is 5.32 Å². The zero-order valence-electron chi connectivity index (χ0n) is 18.0. The summed E-state index contributed by atoms with van der Waals surface area (Å²) in [6.07, 6.45) is 4.69. The average Bonchev–Trinajstić information content (AvgIpc) is 2.65. The summed E-state index contributed by atoms with van der Waals surface area (Å²) in [4.78, 5) is 27.6. The second-order valence-electron chi connectivity index (χ2n) is 5.89. The summed E-state index contributed by atoms with van der Waals surface area (Å²) in [5, 5.41) is 2.89. The van der Waals surface area contributed by atoms with Gasteiger partial charge in [0.15, 0.2) is 0 Å². The Labute approximate surface area is 142 Å². The van der Waals surface area contributed by atoms with Crippen LogP contribution in [-0.4, -0.2) is 9.55 Å². The molecule has 3 rings (SSSR count). The Hall–Kier alpha value is -2.30. The first-order chi connectivity index (χ1) is 13.2. The number of benzene rings is 1. The van der Waals surface area contributed by atoms with Crippen LogP contribution in [0.2, 0.25) is 0 Å². The van der Waals surface area contributed by atoms with Gasteiger partial charge in [-0.1, -0.05) is 49.5 Å². The van der Waals surface area contributed by atoms with E-state index in [2.05, 4.69) is 10.3 Å². The molecule has 0 unspecified atom stereocenters. The van der Waals surface area contributed by atoms with Crippen LogP contribution in [0.15, 0.2) is 45.9 Å². The van der Waals surface area contributed by atoms with Crippen molar-refractivity contribution >= 4 is 5.82 Å². The van der Waals surface area contributed by atoms with Crippen molar-refractivity contribution in [3.8, 4) is 0 Å². The molecule has 122 valence electrons. The fraction of sp³-hybridized carbons (Fsp3) is 0.444. The maximum Gasteiger partial charge on any atom is 0.330 e. The SMILES string of the molecule is [2H]c1c([2H])c([2H])c([C@H](C)Nc2cc(=O)n(C3CCCCC3)c(=O)[nH]2)c([2H])c1[2H]. The Morgan fingerprint density at radius 1 is 1.22 bits per heavy atom. The number of aromatic amines is 1. The van der Waals surface area contributed by atoms with Gasteiger partial charge in [-0.2, -0.15) is 0 Å². The van der Waals surface area contributed by atoms with Crippen LogP contribution in [0.4, 0.5) is 5.82 Å². The Kier molecular flexibility index (Phi) is 3.12. The fourth-order valence-electron chi connectivity index (χ4n) is 3.05. The lowest BCUT2D eigenvalue weighted by Gasteiger charge is -2.23. The summed E-state index contributed by atoms with van der Waals surface area (Å²) < 4.78 is 40.5. The fourth-order valence-corrected chi connectivity index (χ4v) is 3.05. The zero-order chi connectivity index (χ0) is 20.6. The van der Waals surface area contributed by atoms with E-state index in [1.165, 1.54) is 10.6 Å². The lowest BCUT2D eigenvalue weighted by Crippen LogP contribution is -2.38. The van der Waals surface area contributed by atoms with Crippen molar-refractivity contribution in [3.63, 3.8) is 0 Å². The molecule has 1 saturated carbocycles. The lowest BCUT2D eigenvalue weighted by molar-refractivity contribution is 0.336. The summed E-state index contributed by atoms with van der Waals surface area (Å²) in [6.45, 7) is 1.61. The van der Waals surface area contributed by atoms with Gasteiger partial charge in [0.2, 0.25) is 0 Å². The second-order valence-corrected chi connectivity index (χ2v) is 5.89. The molecule has 5 nitrogen and oxygen atoms in total. The van der Waals surface area contributed by atoms with E-state index in [0.29, 0.717) is 0 Å². The van der Waals surface area contributed by atoms with Crippen LogP contribution in [0.3, 0.4) is 0 Å². The Bertz CT molecular complexity index is 951. The molecule has 2 N–H and O–H groups in total. The standard InChI is InChI=1S/C18H23N3O2/c1-13(14-8-4-2-5-9-14)19-16-12-17(22)21(18(23)20-16)15-10-6-3-7-11-15/h2,4-5,8-9,12-13,15,19H,3,6-7,10-11H2,1H3,(H,20,23)/t13-/m0/s1/i2D,4D,5D,8D,9D. The smallest absolute Gasteiger partial charge is 0.330 e. The first kappa shape index (κ1) is 10.5. The molecule has 0 radical (unpaired) electrons. The van der Waals surface area contributed by atoms with E-state index in [0.717, 1.165) is 32.1 Å². The van der Waals surface area contributed by atoms with Crippen molar-refractivity contribution in [1.29, 1.82) is 0 Å². The highest BCUT2D eigenvalue weighted by Gasteiger charge is 2.19. The van der Waals surface area contributed by atoms with Gasteiger partial charge in [0.05, 0.1) is 6.85 Å². The number of aromatic nitrogens is 2. The van der Waals surface area contributed by atoms with Crippen molar-refractivity contribution < 1.29 is 6.85 Å². The van der Waals surface area contributed by atoms with Gasteiger partial charge in [-0.15, -0.1) is 0 Å². The molecule has 0 aliphatic heterocycles. The summed E-state index contributed by atoms with van der Waals surface area (Å²) in [5.41, 5.74) is -0.843. The van der Waals surface area contributed by atoms with Crippen molar-refractivity contribution in [2.75, 3.05) is 5.32 Å². The molecular weight excluding hydrogens is 290 g/mol. The molecule has 1 aliphatic rings. The van der Waals surface area contributed by atoms with E-state index in [4.69, 9.17) is 6.85 Å². The Morgan fingerprint density at radius 2 is 1.91 bits per heavy atom. The number of H-pyrrole nitrogens is 1. The zero-order valence-corrected chi connectivity index (χ0v) is 13.0. The number of anilines is 1. The highest BCUT2D eigenvalue weighted by atomic mass is 16.2. The summed E-state index contributed by atoms with van der Waals surface area (Å²) in [6, 6.07) is -1.48. The third kappa shape index (κ3) is 3.55. The van der Waals surface area contributed by atoms with Crippen LogP contribution in [0, 0.1) is 0 Å². The van der Waals surface area contributed by atoms with Crippen molar-refractivity contribution in [2.45, 2.75) is 51.1 Å². The van der Waals surface area contributed by atoms with E-state index in [9.17, 15) is 9.59 Å². The second kappa shape index (κ2) is 6.86. The molecule has 1 heterocycles. The van der Waals surface area contributed by atoms with Crippen LogP contribution in [0.25, 0.3) is 0 Å². The third-order valence-corrected chi connectivity index (χ3v) is 4.23. The summed E-state index contributed by atoms with van der Waals surface area (Å²) >= 11 is 0. The number of hydrogen-bond acceptors (Lipinski definition) is 3. The molecule has 1 atom stereocenters. The quantitative estimate of drug-likeness (QED) is 0.909. The minimum absolute atomic E-state index is 0.0725. The molecule has 1 aromatic carbocycles. The van der Waals surface area contributed by atoms with Crippen LogP contribution in [-0.2, 0) is 0 Å². The predicted octanol–water partition coefficient (Wildman–Crippen LogP) is 3.21. The van der Waals surface area contributed by atoms with Gasteiger partial charge in [-0.05, 0) is 25.3 Å². The summed E-state index contributed by atoms with van der Waals surface area (Å²) in [7, 11) is 0. The molecule has 1 fully saturated rings. The van der Waals surface area contributed by atoms with Gasteiger partial charge in [-0.25, -0.2) is 4.79 Å². The number of nitrogens with one attached hydrogen (secondary N) is 2. The molecule has 0 bridgehead atoms. The van der Waals surface area contributed by atoms with Crippen LogP contribution in [0.1, 0.15) is 63.5 Å². The van der Waals surface area contributed by atoms with Crippen LogP contribution >= 0.6 is 0 Å². The number of hydrogen-bond donors (Lipinski definition) is 2. The number of rotatable bonds is 4. The van der Waals surface area contributed by atoms with Gasteiger partial charge >= 0.3 is 5.69 Å². The average molecular weight is 318 g/mol. The number of nitrogens with zero attached hydrogens (tertiary/aromatic N) is 1. The third-order valence-electron chi connectivity index (χ3n) is 4.23. The molecule has 0 amide bonds. The normalized spacial score (nSPS) is 20.0. The van der Waals surface area contributed by atoms with E-state index >= 15 is 0 Å². The van der Waals surface area contributed by atoms with Crippen LogP contribution < -0.4 is 16.6 Å². The van der Waals surface area contributed by atoms with Crippen molar-refractivity contribution in [2.24, 2.45) is 0 Å². The maximum absolute atomic E-state index is 12.5. The van der Waals surface area contributed by atoms with Gasteiger partial charge in [0.1, 0.15) is 5.82 Å². The largest absolute Gasteiger partial charge is 0.365 e. The Balaban J connectivity index is 1.93. The molecule has 2 aromatic rings. The van der Waals surface area contributed by atoms with Gasteiger partial charge in [-0.3, -0.25) is 14.3 Å². The molecule has 1 aromatic heterocycles. The highest BCUT2D eigenvalue weighted by molar-refractivity contribution is 5.36. The first-order valence-corrected chi connectivity index (χ1v) is 7.91. The molecule has 1 aliphatic carbocycles. The lowest BCUT2D eigenvalue weighted by atomic mass is 9.95. The van der Waals surface area contributed by atoms with Crippen molar-refractivity contribution in [3.05, 3.63) is 62.7 Å². The summed E-state index contributed by atoms with van der Waals surface area (Å²) in [5.74, 6) is 0.154. The van der Waals surface area contributed by atoms with E-state index in [1.807, 2.05) is 0 Å². The molecule has 5 heteroatoms.